The number of rotatable bonds is 7. The molecule has 0 saturated carbocycles. The molecular weight excluding hydrogens is 220 g/mol. The molecule has 18 heavy (non-hydrogen) atoms. The quantitative estimate of drug-likeness (QED) is 0.796. The van der Waals surface area contributed by atoms with Crippen LogP contribution in [-0.2, 0) is 0 Å². The molecule has 102 valence electrons. The van der Waals surface area contributed by atoms with Crippen molar-refractivity contribution in [1.29, 1.82) is 0 Å². The van der Waals surface area contributed by atoms with Gasteiger partial charge in [-0.25, -0.2) is 0 Å². The third-order valence-corrected chi connectivity index (χ3v) is 3.45. The number of hydrogen-bond donors (Lipinski definition) is 1. The van der Waals surface area contributed by atoms with Crippen molar-refractivity contribution >= 4 is 0 Å². The summed E-state index contributed by atoms with van der Waals surface area (Å²) in [5, 5.41) is 3.45. The summed E-state index contributed by atoms with van der Waals surface area (Å²) in [4.78, 5) is 2.55. The van der Waals surface area contributed by atoms with Crippen LogP contribution in [0, 0.1) is 6.92 Å². The molecule has 0 heterocycles. The van der Waals surface area contributed by atoms with Crippen molar-refractivity contribution in [2.75, 3.05) is 20.1 Å². The molecule has 0 spiro atoms. The van der Waals surface area contributed by atoms with Gasteiger partial charge in [0.2, 0.25) is 0 Å². The lowest BCUT2D eigenvalue weighted by atomic mass is 10.0. The van der Waals surface area contributed by atoms with Gasteiger partial charge < -0.3 is 5.32 Å². The fraction of sp³-hybridized carbons (Fsp3) is 0.625. The number of benzene rings is 1. The largest absolute Gasteiger partial charge is 0.312 e. The van der Waals surface area contributed by atoms with E-state index in [0.29, 0.717) is 12.1 Å². The van der Waals surface area contributed by atoms with Crippen molar-refractivity contribution in [3.8, 4) is 0 Å². The molecule has 1 aromatic rings. The summed E-state index contributed by atoms with van der Waals surface area (Å²) in [7, 11) is 2.05. The van der Waals surface area contributed by atoms with E-state index in [4.69, 9.17) is 0 Å². The average molecular weight is 248 g/mol. The van der Waals surface area contributed by atoms with Gasteiger partial charge in [0.05, 0.1) is 0 Å². The van der Waals surface area contributed by atoms with Crippen LogP contribution < -0.4 is 5.32 Å². The van der Waals surface area contributed by atoms with Crippen molar-refractivity contribution in [3.63, 3.8) is 0 Å². The molecule has 2 heteroatoms. The number of hydrogen-bond acceptors (Lipinski definition) is 2. The summed E-state index contributed by atoms with van der Waals surface area (Å²) in [5.41, 5.74) is 2.72. The van der Waals surface area contributed by atoms with Crippen LogP contribution in [0.2, 0.25) is 0 Å². The van der Waals surface area contributed by atoms with Crippen molar-refractivity contribution in [2.45, 2.75) is 46.2 Å². The van der Waals surface area contributed by atoms with Gasteiger partial charge in [0.1, 0.15) is 0 Å². The van der Waals surface area contributed by atoms with E-state index < -0.39 is 0 Å². The fourth-order valence-corrected chi connectivity index (χ4v) is 2.33. The molecule has 0 bridgehead atoms. The Labute approximate surface area is 112 Å². The fourth-order valence-electron chi connectivity index (χ4n) is 2.33. The molecule has 0 aromatic heterocycles. The van der Waals surface area contributed by atoms with E-state index in [2.05, 4.69) is 69.2 Å². The first-order chi connectivity index (χ1) is 8.58. The molecule has 0 amide bonds. The topological polar surface area (TPSA) is 15.3 Å². The summed E-state index contributed by atoms with van der Waals surface area (Å²) in [6.07, 6.45) is 1.21. The Morgan fingerprint density at radius 3 is 2.50 bits per heavy atom. The smallest absolute Gasteiger partial charge is 0.0447 e. The second-order valence-corrected chi connectivity index (χ2v) is 5.34. The van der Waals surface area contributed by atoms with Crippen molar-refractivity contribution in [1.82, 2.24) is 10.2 Å². The molecule has 2 nitrogen and oxygen atoms in total. The van der Waals surface area contributed by atoms with E-state index in [9.17, 15) is 0 Å². The second kappa shape index (κ2) is 7.55. The van der Waals surface area contributed by atoms with Gasteiger partial charge in [0, 0.05) is 18.6 Å². The third kappa shape index (κ3) is 4.43. The van der Waals surface area contributed by atoms with Gasteiger partial charge in [0.25, 0.3) is 0 Å². The van der Waals surface area contributed by atoms with Crippen LogP contribution in [0.4, 0.5) is 0 Å². The summed E-state index contributed by atoms with van der Waals surface area (Å²) in [6.45, 7) is 11.2. The summed E-state index contributed by atoms with van der Waals surface area (Å²) < 4.78 is 0. The van der Waals surface area contributed by atoms with Crippen molar-refractivity contribution in [3.05, 3.63) is 35.4 Å². The zero-order valence-corrected chi connectivity index (χ0v) is 12.5. The van der Waals surface area contributed by atoms with Crippen LogP contribution in [0.25, 0.3) is 0 Å². The molecule has 0 saturated heterocycles. The zero-order chi connectivity index (χ0) is 13.5. The highest BCUT2D eigenvalue weighted by atomic mass is 15.2. The Morgan fingerprint density at radius 2 is 2.00 bits per heavy atom. The Kier molecular flexibility index (Phi) is 6.37. The van der Waals surface area contributed by atoms with Crippen LogP contribution in [0.3, 0.4) is 0 Å². The normalized spacial score (nSPS) is 13.3. The summed E-state index contributed by atoms with van der Waals surface area (Å²) >= 11 is 0. The SMILES string of the molecule is CCCN(CC(NC)c1cccc(C)c1)C(C)C. The summed E-state index contributed by atoms with van der Waals surface area (Å²) in [6, 6.07) is 9.82. The minimum absolute atomic E-state index is 0.416. The molecule has 0 aliphatic carbocycles. The predicted octanol–water partition coefficient (Wildman–Crippen LogP) is 3.38. The molecule has 0 aliphatic heterocycles. The van der Waals surface area contributed by atoms with Gasteiger partial charge >= 0.3 is 0 Å². The van der Waals surface area contributed by atoms with Gasteiger partial charge in [-0.05, 0) is 46.3 Å². The highest BCUT2D eigenvalue weighted by Crippen LogP contribution is 2.17. The molecule has 1 atom stereocenters. The Morgan fingerprint density at radius 1 is 1.28 bits per heavy atom. The molecule has 1 rings (SSSR count). The lowest BCUT2D eigenvalue weighted by Gasteiger charge is -2.30. The first kappa shape index (κ1) is 15.2. The Bertz CT molecular complexity index is 347. The molecular formula is C16H28N2. The third-order valence-electron chi connectivity index (χ3n) is 3.45. The maximum absolute atomic E-state index is 3.45. The van der Waals surface area contributed by atoms with Crippen LogP contribution >= 0.6 is 0 Å². The standard InChI is InChI=1S/C16H28N2/c1-6-10-18(13(2)3)12-16(17-5)15-9-7-8-14(4)11-15/h7-9,11,13,16-17H,6,10,12H2,1-5H3. The van der Waals surface area contributed by atoms with Crippen LogP contribution in [-0.4, -0.2) is 31.1 Å². The monoisotopic (exact) mass is 248 g/mol. The van der Waals surface area contributed by atoms with E-state index >= 15 is 0 Å². The molecule has 0 aliphatic rings. The van der Waals surface area contributed by atoms with Gasteiger partial charge in [-0.1, -0.05) is 36.8 Å². The molecule has 1 aromatic carbocycles. The molecule has 1 N–H and O–H groups in total. The van der Waals surface area contributed by atoms with Gasteiger partial charge in [-0.2, -0.15) is 0 Å². The average Bonchev–Trinajstić information content (AvgIpc) is 2.34. The number of nitrogens with zero attached hydrogens (tertiary/aromatic N) is 1. The maximum atomic E-state index is 3.45. The van der Waals surface area contributed by atoms with Crippen LogP contribution in [0.15, 0.2) is 24.3 Å². The highest BCUT2D eigenvalue weighted by molar-refractivity contribution is 5.25. The number of likely N-dealkylation sites (N-methyl/N-ethyl adjacent to an activating group) is 1. The molecule has 0 fully saturated rings. The minimum Gasteiger partial charge on any atom is -0.312 e. The molecule has 0 radical (unpaired) electrons. The van der Waals surface area contributed by atoms with Crippen molar-refractivity contribution < 1.29 is 0 Å². The first-order valence-corrected chi connectivity index (χ1v) is 7.06. The van der Waals surface area contributed by atoms with Gasteiger partial charge in [-0.15, -0.1) is 0 Å². The van der Waals surface area contributed by atoms with Gasteiger partial charge in [0.15, 0.2) is 0 Å². The summed E-state index contributed by atoms with van der Waals surface area (Å²) in [5.74, 6) is 0. The van der Waals surface area contributed by atoms with Crippen molar-refractivity contribution in [2.24, 2.45) is 0 Å². The van der Waals surface area contributed by atoms with E-state index in [-0.39, 0.29) is 0 Å². The van der Waals surface area contributed by atoms with Gasteiger partial charge in [-0.3, -0.25) is 4.90 Å². The lowest BCUT2D eigenvalue weighted by Crippen LogP contribution is -2.38. The number of nitrogens with one attached hydrogen (secondary N) is 1. The van der Waals surface area contributed by atoms with E-state index in [1.165, 1.54) is 24.1 Å². The van der Waals surface area contributed by atoms with Crippen LogP contribution in [0.1, 0.15) is 44.4 Å². The molecule has 1 unspecified atom stereocenters. The zero-order valence-electron chi connectivity index (χ0n) is 12.5. The number of aryl methyl sites for hydroxylation is 1. The van der Waals surface area contributed by atoms with E-state index in [1.54, 1.807) is 0 Å². The lowest BCUT2D eigenvalue weighted by molar-refractivity contribution is 0.200. The Hall–Kier alpha value is -0.860. The minimum atomic E-state index is 0.416. The van der Waals surface area contributed by atoms with E-state index in [0.717, 1.165) is 6.54 Å². The second-order valence-electron chi connectivity index (χ2n) is 5.34. The predicted molar refractivity (Wildman–Crippen MR) is 80.0 cm³/mol. The van der Waals surface area contributed by atoms with Crippen LogP contribution in [0.5, 0.6) is 0 Å². The highest BCUT2D eigenvalue weighted by Gasteiger charge is 2.16. The maximum Gasteiger partial charge on any atom is 0.0447 e. The first-order valence-electron chi connectivity index (χ1n) is 7.06. The van der Waals surface area contributed by atoms with E-state index in [1.807, 2.05) is 0 Å². The Balaban J connectivity index is 2.77.